The lowest BCUT2D eigenvalue weighted by molar-refractivity contribution is -0.108. The topological polar surface area (TPSA) is 38.8 Å². The average molecular weight is 355 g/mol. The van der Waals surface area contributed by atoms with Crippen LogP contribution in [0.4, 0.5) is 0 Å². The molecule has 1 fully saturated rings. The summed E-state index contributed by atoms with van der Waals surface area (Å²) in [6.07, 6.45) is 1.43. The molecule has 1 aliphatic rings. The Kier molecular flexibility index (Phi) is 5.23. The third kappa shape index (κ3) is 3.61. The van der Waals surface area contributed by atoms with Crippen LogP contribution in [-0.2, 0) is 14.0 Å². The molecule has 2 aromatic carbocycles. The summed E-state index contributed by atoms with van der Waals surface area (Å²) in [5.74, 6) is 0. The van der Waals surface area contributed by atoms with E-state index in [9.17, 15) is 4.79 Å². The first kappa shape index (κ1) is 18.1. The molecule has 1 aliphatic heterocycles. The monoisotopic (exact) mass is 354 g/mol. The van der Waals surface area contributed by atoms with Crippen LogP contribution >= 0.6 is 0 Å². The van der Waals surface area contributed by atoms with Crippen molar-refractivity contribution in [1.29, 1.82) is 0 Å². The van der Waals surface area contributed by atoms with Gasteiger partial charge in [-0.1, -0.05) is 81.4 Å². The predicted molar refractivity (Wildman–Crippen MR) is 103 cm³/mol. The first-order chi connectivity index (χ1) is 12.0. The molecule has 0 aliphatic carbocycles. The van der Waals surface area contributed by atoms with Crippen molar-refractivity contribution in [3.05, 3.63) is 60.7 Å². The van der Waals surface area contributed by atoms with E-state index in [-0.39, 0.29) is 17.2 Å². The Morgan fingerprint density at radius 1 is 1.00 bits per heavy atom. The highest BCUT2D eigenvalue weighted by molar-refractivity contribution is 6.99. The van der Waals surface area contributed by atoms with Crippen molar-refractivity contribution in [3.8, 4) is 0 Å². The van der Waals surface area contributed by atoms with Crippen molar-refractivity contribution >= 4 is 25.0 Å². The molecule has 4 heteroatoms. The smallest absolute Gasteiger partial charge is 0.261 e. The van der Waals surface area contributed by atoms with Gasteiger partial charge in [0.2, 0.25) is 0 Å². The Bertz CT molecular complexity index is 655. The Labute approximate surface area is 151 Å². The van der Waals surface area contributed by atoms with Gasteiger partial charge in [0, 0.05) is 6.61 Å². The molecule has 1 saturated heterocycles. The van der Waals surface area contributed by atoms with E-state index in [4.69, 9.17) is 9.16 Å². The van der Waals surface area contributed by atoms with E-state index in [0.717, 1.165) is 12.7 Å². The largest absolute Gasteiger partial charge is 0.407 e. The molecule has 25 heavy (non-hydrogen) atoms. The second-order valence-electron chi connectivity index (χ2n) is 7.58. The summed E-state index contributed by atoms with van der Waals surface area (Å²) in [5.41, 5.74) is 0. The normalized spacial score (nSPS) is 20.3. The van der Waals surface area contributed by atoms with Crippen molar-refractivity contribution < 1.29 is 14.0 Å². The van der Waals surface area contributed by atoms with Crippen LogP contribution in [-0.4, -0.2) is 33.4 Å². The maximum atomic E-state index is 10.8. The van der Waals surface area contributed by atoms with Crippen LogP contribution in [0.25, 0.3) is 0 Å². The van der Waals surface area contributed by atoms with Gasteiger partial charge in [0.15, 0.2) is 6.29 Å². The van der Waals surface area contributed by atoms with Crippen molar-refractivity contribution in [2.75, 3.05) is 6.61 Å². The van der Waals surface area contributed by atoms with E-state index in [1.807, 2.05) is 12.1 Å². The van der Waals surface area contributed by atoms with Crippen molar-refractivity contribution in [2.24, 2.45) is 0 Å². The molecule has 0 bridgehead atoms. The van der Waals surface area contributed by atoms with Crippen molar-refractivity contribution in [3.63, 3.8) is 0 Å². The molecule has 2 aromatic rings. The second-order valence-corrected chi connectivity index (χ2v) is 11.9. The summed E-state index contributed by atoms with van der Waals surface area (Å²) in [6, 6.07) is 21.2. The molecule has 0 spiro atoms. The quantitative estimate of drug-likeness (QED) is 0.436. The zero-order chi connectivity index (χ0) is 17.9. The zero-order valence-corrected chi connectivity index (χ0v) is 16.1. The van der Waals surface area contributed by atoms with E-state index >= 15 is 0 Å². The van der Waals surface area contributed by atoms with Gasteiger partial charge < -0.3 is 14.0 Å². The molecule has 3 rings (SSSR count). The zero-order valence-electron chi connectivity index (χ0n) is 15.1. The maximum Gasteiger partial charge on any atom is 0.261 e. The van der Waals surface area contributed by atoms with Gasteiger partial charge in [-0.25, -0.2) is 0 Å². The number of carbonyl (C=O) groups excluding carboxylic acids is 1. The molecule has 0 radical (unpaired) electrons. The number of aldehydes is 1. The Morgan fingerprint density at radius 2 is 1.52 bits per heavy atom. The summed E-state index contributed by atoms with van der Waals surface area (Å²) in [5, 5.41) is 2.53. The predicted octanol–water partition coefficient (Wildman–Crippen LogP) is 2.92. The third-order valence-electron chi connectivity index (χ3n) is 4.89. The fourth-order valence-corrected chi connectivity index (χ4v) is 8.18. The minimum Gasteiger partial charge on any atom is -0.407 e. The molecular formula is C21H26O3Si. The summed E-state index contributed by atoms with van der Waals surface area (Å²) in [6.45, 7) is 7.39. The fraction of sp³-hybridized carbons (Fsp3) is 0.381. The Hall–Kier alpha value is -1.75. The molecule has 2 atom stereocenters. The summed E-state index contributed by atoms with van der Waals surface area (Å²) in [4.78, 5) is 10.8. The standard InChI is InChI=1S/C21H26O3Si/c1-21(2,3)25(17-10-6-4-7-11-17,18-12-8-5-9-13-18)23-15-14-19-20(16-22)24-19/h4-13,16,19-20H,14-15H2,1-3H3. The van der Waals surface area contributed by atoms with Crippen LogP contribution in [0.2, 0.25) is 5.04 Å². The maximum absolute atomic E-state index is 10.8. The number of benzene rings is 2. The van der Waals surface area contributed by atoms with Gasteiger partial charge in [-0.15, -0.1) is 0 Å². The number of hydrogen-bond donors (Lipinski definition) is 0. The minimum absolute atomic E-state index is 0.0236. The van der Waals surface area contributed by atoms with Crippen LogP contribution in [0.3, 0.4) is 0 Å². The molecule has 0 amide bonds. The van der Waals surface area contributed by atoms with E-state index in [1.54, 1.807) is 0 Å². The van der Waals surface area contributed by atoms with E-state index in [1.165, 1.54) is 10.4 Å². The van der Waals surface area contributed by atoms with Gasteiger partial charge in [-0.05, 0) is 21.8 Å². The van der Waals surface area contributed by atoms with Gasteiger partial charge in [0.05, 0.1) is 6.10 Å². The van der Waals surface area contributed by atoms with Crippen LogP contribution < -0.4 is 10.4 Å². The molecule has 3 nitrogen and oxygen atoms in total. The highest BCUT2D eigenvalue weighted by Crippen LogP contribution is 2.37. The fourth-order valence-electron chi connectivity index (χ4n) is 3.60. The van der Waals surface area contributed by atoms with E-state index < -0.39 is 8.32 Å². The lowest BCUT2D eigenvalue weighted by atomic mass is 10.2. The summed E-state index contributed by atoms with van der Waals surface area (Å²) in [7, 11) is -2.46. The molecule has 132 valence electrons. The third-order valence-corrected chi connectivity index (χ3v) is 9.94. The first-order valence-electron chi connectivity index (χ1n) is 8.85. The lowest BCUT2D eigenvalue weighted by Gasteiger charge is -2.43. The number of carbonyl (C=O) groups is 1. The van der Waals surface area contributed by atoms with Crippen molar-refractivity contribution in [1.82, 2.24) is 0 Å². The van der Waals surface area contributed by atoms with Crippen LogP contribution in [0.5, 0.6) is 0 Å². The van der Waals surface area contributed by atoms with E-state index in [2.05, 4.69) is 69.3 Å². The van der Waals surface area contributed by atoms with Crippen LogP contribution in [0, 0.1) is 0 Å². The molecule has 0 saturated carbocycles. The van der Waals surface area contributed by atoms with Gasteiger partial charge >= 0.3 is 0 Å². The van der Waals surface area contributed by atoms with Gasteiger partial charge in [0.25, 0.3) is 8.32 Å². The molecular weight excluding hydrogens is 328 g/mol. The SMILES string of the molecule is CC(C)(C)[Si](OCCC1OC1C=O)(c1ccccc1)c1ccccc1. The van der Waals surface area contributed by atoms with Crippen molar-refractivity contribution in [2.45, 2.75) is 44.4 Å². The highest BCUT2D eigenvalue weighted by atomic mass is 28.4. The Balaban J connectivity index is 1.95. The lowest BCUT2D eigenvalue weighted by Crippen LogP contribution is -2.66. The molecule has 2 unspecified atom stereocenters. The number of ether oxygens (including phenoxy) is 1. The number of hydrogen-bond acceptors (Lipinski definition) is 3. The van der Waals surface area contributed by atoms with Gasteiger partial charge in [0.1, 0.15) is 6.10 Å². The summed E-state index contributed by atoms with van der Waals surface area (Å²) >= 11 is 0. The average Bonchev–Trinajstić information content (AvgIpc) is 3.38. The first-order valence-corrected chi connectivity index (χ1v) is 10.8. The minimum atomic E-state index is -2.46. The van der Waals surface area contributed by atoms with Gasteiger partial charge in [-0.3, -0.25) is 0 Å². The molecule has 0 N–H and O–H groups in total. The highest BCUT2D eigenvalue weighted by Gasteiger charge is 2.50. The van der Waals surface area contributed by atoms with Crippen LogP contribution in [0.1, 0.15) is 27.2 Å². The van der Waals surface area contributed by atoms with Gasteiger partial charge in [-0.2, -0.15) is 0 Å². The Morgan fingerprint density at radius 3 is 1.92 bits per heavy atom. The molecule has 1 heterocycles. The van der Waals surface area contributed by atoms with Crippen LogP contribution in [0.15, 0.2) is 60.7 Å². The number of rotatable bonds is 7. The second kappa shape index (κ2) is 7.24. The number of epoxide rings is 1. The summed E-state index contributed by atoms with van der Waals surface area (Å²) < 4.78 is 12.1. The van der Waals surface area contributed by atoms with E-state index in [0.29, 0.717) is 6.61 Å². The molecule has 0 aromatic heterocycles.